The van der Waals surface area contributed by atoms with Gasteiger partial charge in [-0.3, -0.25) is 4.79 Å². The topological polar surface area (TPSA) is 95.0 Å². The summed E-state index contributed by atoms with van der Waals surface area (Å²) in [5.74, 6) is -2.69. The number of amides is 1. The molecule has 1 aliphatic rings. The van der Waals surface area contributed by atoms with Crippen LogP contribution in [0.5, 0.6) is 0 Å². The number of nitrogens with one attached hydrogen (secondary N) is 1. The zero-order chi connectivity index (χ0) is 23.3. The molecule has 1 aromatic carbocycles. The monoisotopic (exact) mass is 473 g/mol. The molecule has 1 amide bonds. The fourth-order valence-electron chi connectivity index (χ4n) is 3.97. The summed E-state index contributed by atoms with van der Waals surface area (Å²) in [7, 11) is 0. The van der Waals surface area contributed by atoms with E-state index in [4.69, 9.17) is 0 Å². The maximum Gasteiger partial charge on any atom is 0.302 e. The average Bonchev–Trinajstić information content (AvgIpc) is 3.57. The number of aliphatic hydroxyl groups excluding tert-OH is 1. The van der Waals surface area contributed by atoms with Gasteiger partial charge in [-0.2, -0.15) is 20.1 Å². The third kappa shape index (κ3) is 5.51. The van der Waals surface area contributed by atoms with Crippen molar-refractivity contribution in [3.8, 4) is 0 Å². The van der Waals surface area contributed by atoms with Gasteiger partial charge in [-0.1, -0.05) is 42.5 Å². The van der Waals surface area contributed by atoms with E-state index in [-0.39, 0.29) is 17.5 Å². The highest BCUT2D eigenvalue weighted by Crippen LogP contribution is 2.33. The van der Waals surface area contributed by atoms with Crippen molar-refractivity contribution >= 4 is 17.2 Å². The Morgan fingerprint density at radius 2 is 2.03 bits per heavy atom. The molecule has 4 rings (SSSR count). The van der Waals surface area contributed by atoms with Crippen molar-refractivity contribution in [1.29, 1.82) is 0 Å². The minimum atomic E-state index is -3.41. The van der Waals surface area contributed by atoms with Gasteiger partial charge in [0, 0.05) is 24.9 Å². The number of likely N-dealkylation sites (tertiary alicyclic amines) is 1. The van der Waals surface area contributed by atoms with Gasteiger partial charge >= 0.3 is 5.92 Å². The Hall–Kier alpha value is -2.98. The van der Waals surface area contributed by atoms with Crippen molar-refractivity contribution in [2.24, 2.45) is 0 Å². The summed E-state index contributed by atoms with van der Waals surface area (Å²) in [6, 6.07) is 6.93. The molecule has 0 radical (unpaired) electrons. The molecule has 1 fully saturated rings. The molecule has 2 atom stereocenters. The SMILES string of the molecule is O=C1CC[C@H](C=CC(O)C(F)(F)c2ccccc2)N1Cc1cscc1CCCc1nnn[nH]1. The summed E-state index contributed by atoms with van der Waals surface area (Å²) in [6.45, 7) is 0.418. The second-order valence-corrected chi connectivity index (χ2v) is 8.81. The molecule has 7 nitrogen and oxygen atoms in total. The van der Waals surface area contributed by atoms with E-state index in [0.29, 0.717) is 19.4 Å². The van der Waals surface area contributed by atoms with Gasteiger partial charge in [-0.15, -0.1) is 5.10 Å². The highest BCUT2D eigenvalue weighted by molar-refractivity contribution is 7.08. The van der Waals surface area contributed by atoms with Crippen molar-refractivity contribution < 1.29 is 18.7 Å². The van der Waals surface area contributed by atoms with Crippen LogP contribution < -0.4 is 0 Å². The number of nitrogens with zero attached hydrogens (tertiary/aromatic N) is 4. The van der Waals surface area contributed by atoms with Gasteiger partial charge < -0.3 is 10.0 Å². The van der Waals surface area contributed by atoms with Crippen LogP contribution in [-0.4, -0.2) is 48.7 Å². The molecule has 10 heteroatoms. The van der Waals surface area contributed by atoms with Crippen LogP contribution in [0.4, 0.5) is 8.78 Å². The van der Waals surface area contributed by atoms with Crippen LogP contribution >= 0.6 is 11.3 Å². The van der Waals surface area contributed by atoms with Crippen LogP contribution in [0.1, 0.15) is 41.8 Å². The van der Waals surface area contributed by atoms with Crippen LogP contribution in [0, 0.1) is 0 Å². The maximum atomic E-state index is 14.6. The maximum absolute atomic E-state index is 14.6. The predicted molar refractivity (Wildman–Crippen MR) is 120 cm³/mol. The molecular weight excluding hydrogens is 448 g/mol. The van der Waals surface area contributed by atoms with E-state index in [9.17, 15) is 18.7 Å². The second kappa shape index (κ2) is 10.3. The van der Waals surface area contributed by atoms with Crippen LogP contribution in [0.2, 0.25) is 0 Å². The van der Waals surface area contributed by atoms with E-state index in [1.807, 2.05) is 5.38 Å². The molecular formula is C23H25F2N5O2S. The lowest BCUT2D eigenvalue weighted by molar-refractivity contribution is -0.129. The number of aromatic amines is 1. The van der Waals surface area contributed by atoms with Crippen molar-refractivity contribution in [3.05, 3.63) is 75.8 Å². The van der Waals surface area contributed by atoms with E-state index in [0.717, 1.165) is 42.3 Å². The Morgan fingerprint density at radius 1 is 1.24 bits per heavy atom. The van der Waals surface area contributed by atoms with Crippen LogP contribution in [0.3, 0.4) is 0 Å². The van der Waals surface area contributed by atoms with Crippen LogP contribution in [0.15, 0.2) is 53.2 Å². The predicted octanol–water partition coefficient (Wildman–Crippen LogP) is 3.64. The van der Waals surface area contributed by atoms with E-state index < -0.39 is 12.0 Å². The number of halogens is 2. The van der Waals surface area contributed by atoms with E-state index in [1.165, 1.54) is 30.3 Å². The third-order valence-corrected chi connectivity index (χ3v) is 6.68. The van der Waals surface area contributed by atoms with E-state index >= 15 is 0 Å². The van der Waals surface area contributed by atoms with Gasteiger partial charge in [0.2, 0.25) is 5.91 Å². The van der Waals surface area contributed by atoms with Gasteiger partial charge in [-0.05, 0) is 51.6 Å². The number of aromatic nitrogens is 4. The van der Waals surface area contributed by atoms with Gasteiger partial charge in [0.1, 0.15) is 11.9 Å². The summed E-state index contributed by atoms with van der Waals surface area (Å²) in [4.78, 5) is 14.2. The minimum absolute atomic E-state index is 0.0150. The first-order valence-corrected chi connectivity index (χ1v) is 11.7. The van der Waals surface area contributed by atoms with Gasteiger partial charge in [0.15, 0.2) is 0 Å². The molecule has 0 aliphatic carbocycles. The number of hydrogen-bond donors (Lipinski definition) is 2. The molecule has 0 saturated carbocycles. The highest BCUT2D eigenvalue weighted by atomic mass is 32.1. The normalized spacial score (nSPS) is 17.8. The molecule has 33 heavy (non-hydrogen) atoms. The molecule has 1 unspecified atom stereocenters. The van der Waals surface area contributed by atoms with Crippen molar-refractivity contribution in [2.75, 3.05) is 0 Å². The Labute approximate surface area is 194 Å². The number of carbonyl (C=O) groups excluding carboxylic acids is 1. The number of benzene rings is 1. The lowest BCUT2D eigenvalue weighted by Gasteiger charge is -2.24. The number of aliphatic hydroxyl groups is 1. The van der Waals surface area contributed by atoms with E-state index in [1.54, 1.807) is 22.3 Å². The Morgan fingerprint density at radius 3 is 2.79 bits per heavy atom. The number of H-pyrrole nitrogens is 1. The molecule has 2 N–H and O–H groups in total. The number of carbonyl (C=O) groups is 1. The number of hydrogen-bond acceptors (Lipinski definition) is 6. The smallest absolute Gasteiger partial charge is 0.302 e. The molecule has 3 aromatic rings. The van der Waals surface area contributed by atoms with Gasteiger partial charge in [0.25, 0.3) is 0 Å². The standard InChI is InChI=1S/C23H25F2N5O2S/c24-23(25,18-6-2-1-3-7-18)20(31)11-9-19-10-12-22(32)30(19)13-17-15-33-14-16(17)5-4-8-21-26-28-29-27-21/h1-3,6-7,9,11,14-15,19-20,31H,4-5,8,10,12-13H2,(H,26,27,28,29)/t19-,20?/m0/s1. The van der Waals surface area contributed by atoms with Crippen LogP contribution in [0.25, 0.3) is 0 Å². The number of thiophene rings is 1. The highest BCUT2D eigenvalue weighted by Gasteiger charge is 2.39. The van der Waals surface area contributed by atoms with Gasteiger partial charge in [-0.25, -0.2) is 5.10 Å². The summed E-state index contributed by atoms with van der Waals surface area (Å²) < 4.78 is 29.2. The second-order valence-electron chi connectivity index (χ2n) is 8.07. The molecule has 0 bridgehead atoms. The van der Waals surface area contributed by atoms with Crippen LogP contribution in [-0.2, 0) is 30.1 Å². The lowest BCUT2D eigenvalue weighted by atomic mass is 10.0. The fourth-order valence-corrected chi connectivity index (χ4v) is 4.86. The molecule has 0 spiro atoms. The molecule has 174 valence electrons. The quantitative estimate of drug-likeness (QED) is 0.439. The Kier molecular flexibility index (Phi) is 7.24. The average molecular weight is 474 g/mol. The largest absolute Gasteiger partial charge is 0.382 e. The molecule has 3 heterocycles. The minimum Gasteiger partial charge on any atom is -0.382 e. The first-order chi connectivity index (χ1) is 15.9. The van der Waals surface area contributed by atoms with Gasteiger partial charge in [0.05, 0.1) is 6.04 Å². The zero-order valence-electron chi connectivity index (χ0n) is 17.9. The molecule has 1 saturated heterocycles. The summed E-state index contributed by atoms with van der Waals surface area (Å²) in [5, 5.41) is 28.0. The number of aryl methyl sites for hydroxylation is 2. The van der Waals surface area contributed by atoms with Crippen molar-refractivity contribution in [3.63, 3.8) is 0 Å². The first-order valence-electron chi connectivity index (χ1n) is 10.8. The lowest BCUT2D eigenvalue weighted by Crippen LogP contribution is -2.33. The summed E-state index contributed by atoms with van der Waals surface area (Å²) in [5.41, 5.74) is 1.97. The summed E-state index contributed by atoms with van der Waals surface area (Å²) >= 11 is 1.58. The Bertz CT molecular complexity index is 1070. The van der Waals surface area contributed by atoms with Crippen molar-refractivity contribution in [2.45, 2.75) is 56.7 Å². The third-order valence-electron chi connectivity index (χ3n) is 5.84. The summed E-state index contributed by atoms with van der Waals surface area (Å²) in [6.07, 6.45) is 3.99. The number of tetrazole rings is 1. The molecule has 2 aromatic heterocycles. The van der Waals surface area contributed by atoms with Crippen molar-refractivity contribution in [1.82, 2.24) is 25.5 Å². The first kappa shape index (κ1) is 23.2. The fraction of sp³-hybridized carbons (Fsp3) is 0.391. The number of rotatable bonds is 10. The zero-order valence-corrected chi connectivity index (χ0v) is 18.7. The Balaban J connectivity index is 1.39. The molecule has 1 aliphatic heterocycles. The number of alkyl halides is 2. The van der Waals surface area contributed by atoms with E-state index in [2.05, 4.69) is 26.0 Å².